The molecule has 0 aromatic heterocycles. The minimum Gasteiger partial charge on any atom is -0.491 e. The number of para-hydroxylation sites is 2. The Bertz CT molecular complexity index is 998. The maximum atomic E-state index is 12.7. The van der Waals surface area contributed by atoms with Crippen LogP contribution < -0.4 is 25.5 Å². The lowest BCUT2D eigenvalue weighted by Crippen LogP contribution is -2.42. The molecule has 9 nitrogen and oxygen atoms in total. The van der Waals surface area contributed by atoms with E-state index in [-0.39, 0.29) is 24.3 Å². The quantitative estimate of drug-likeness (QED) is 0.323. The molecular formula is C26H34N4O5. The van der Waals surface area contributed by atoms with Crippen molar-refractivity contribution in [1.29, 1.82) is 0 Å². The Morgan fingerprint density at radius 3 is 2.66 bits per heavy atom. The van der Waals surface area contributed by atoms with E-state index in [4.69, 9.17) is 9.47 Å². The third-order valence-corrected chi connectivity index (χ3v) is 5.52. The fourth-order valence-electron chi connectivity index (χ4n) is 3.66. The predicted octanol–water partition coefficient (Wildman–Crippen LogP) is 1.85. The van der Waals surface area contributed by atoms with Crippen LogP contribution in [0.2, 0.25) is 0 Å². The molecule has 1 heterocycles. The lowest BCUT2D eigenvalue weighted by atomic mass is 9.93. The van der Waals surface area contributed by atoms with Gasteiger partial charge in [-0.25, -0.2) is 5.43 Å². The van der Waals surface area contributed by atoms with Crippen LogP contribution in [0.4, 0.5) is 0 Å². The largest absolute Gasteiger partial charge is 0.491 e. The average Bonchev–Trinajstić information content (AvgIpc) is 2.86. The molecule has 0 bridgehead atoms. The van der Waals surface area contributed by atoms with Crippen LogP contribution in [0.5, 0.6) is 11.5 Å². The molecule has 3 rings (SSSR count). The summed E-state index contributed by atoms with van der Waals surface area (Å²) in [6, 6.07) is 16.7. The Kier molecular flexibility index (Phi) is 10.1. The van der Waals surface area contributed by atoms with Crippen LogP contribution in [-0.4, -0.2) is 61.1 Å². The van der Waals surface area contributed by atoms with Crippen molar-refractivity contribution in [3.63, 3.8) is 0 Å². The van der Waals surface area contributed by atoms with Gasteiger partial charge in [0.05, 0.1) is 5.71 Å². The second-order valence-corrected chi connectivity index (χ2v) is 8.42. The summed E-state index contributed by atoms with van der Waals surface area (Å²) in [6.07, 6.45) is -0.494. The Morgan fingerprint density at radius 1 is 1.17 bits per heavy atom. The van der Waals surface area contributed by atoms with Gasteiger partial charge in [-0.3, -0.25) is 9.59 Å². The minimum absolute atomic E-state index is 0.0538. The highest BCUT2D eigenvalue weighted by molar-refractivity contribution is 6.07. The van der Waals surface area contributed by atoms with E-state index in [9.17, 15) is 14.7 Å². The van der Waals surface area contributed by atoms with Crippen molar-refractivity contribution in [2.45, 2.75) is 38.9 Å². The zero-order valence-electron chi connectivity index (χ0n) is 20.2. The minimum atomic E-state index is -0.671. The Balaban J connectivity index is 1.43. The van der Waals surface area contributed by atoms with E-state index in [1.54, 1.807) is 6.07 Å². The van der Waals surface area contributed by atoms with Crippen molar-refractivity contribution in [2.24, 2.45) is 11.0 Å². The first kappa shape index (κ1) is 26.2. The number of amides is 2. The van der Waals surface area contributed by atoms with Crippen LogP contribution >= 0.6 is 0 Å². The lowest BCUT2D eigenvalue weighted by Gasteiger charge is -2.23. The molecule has 0 saturated heterocycles. The average molecular weight is 483 g/mol. The second-order valence-electron chi connectivity index (χ2n) is 8.42. The van der Waals surface area contributed by atoms with Gasteiger partial charge in [-0.05, 0) is 30.7 Å². The summed E-state index contributed by atoms with van der Waals surface area (Å²) in [4.78, 5) is 24.3. The maximum absolute atomic E-state index is 12.7. The summed E-state index contributed by atoms with van der Waals surface area (Å²) in [6.45, 7) is 5.24. The molecule has 3 unspecified atom stereocenters. The Morgan fingerprint density at radius 2 is 1.91 bits per heavy atom. The molecule has 1 aliphatic rings. The zero-order chi connectivity index (χ0) is 25.0. The van der Waals surface area contributed by atoms with Gasteiger partial charge in [0.1, 0.15) is 24.2 Å². The number of rotatable bonds is 13. The van der Waals surface area contributed by atoms with Crippen LogP contribution in [0.15, 0.2) is 59.7 Å². The number of nitrogens with zero attached hydrogens (tertiary/aromatic N) is 1. The van der Waals surface area contributed by atoms with Crippen molar-refractivity contribution in [1.82, 2.24) is 16.1 Å². The highest BCUT2D eigenvalue weighted by Gasteiger charge is 2.26. The van der Waals surface area contributed by atoms with Gasteiger partial charge in [-0.1, -0.05) is 44.2 Å². The molecular weight excluding hydrogens is 448 g/mol. The highest BCUT2D eigenvalue weighted by atomic mass is 16.5. The predicted molar refractivity (Wildman–Crippen MR) is 133 cm³/mol. The van der Waals surface area contributed by atoms with E-state index in [2.05, 4.69) is 21.2 Å². The molecule has 2 aromatic rings. The molecule has 9 heteroatoms. The molecule has 0 radical (unpaired) electrons. The molecule has 1 aliphatic heterocycles. The second kappa shape index (κ2) is 13.5. The van der Waals surface area contributed by atoms with Crippen LogP contribution in [0, 0.1) is 5.92 Å². The van der Waals surface area contributed by atoms with E-state index in [0.29, 0.717) is 44.0 Å². The lowest BCUT2D eigenvalue weighted by molar-refractivity contribution is -0.128. The smallest absolute Gasteiger partial charge is 0.261 e. The first-order valence-corrected chi connectivity index (χ1v) is 11.9. The highest BCUT2D eigenvalue weighted by Crippen LogP contribution is 2.26. The first-order valence-electron chi connectivity index (χ1n) is 11.9. The van der Waals surface area contributed by atoms with Gasteiger partial charge in [-0.2, -0.15) is 5.10 Å². The SMILES string of the molecule is CCC(Oc1ccccc1C1=NNC(=O)CC1C)C(=O)NCCNCC(O)COc1ccccc1. The van der Waals surface area contributed by atoms with Gasteiger partial charge in [0.25, 0.3) is 5.91 Å². The van der Waals surface area contributed by atoms with Crippen LogP contribution in [0.3, 0.4) is 0 Å². The number of hydrogen-bond acceptors (Lipinski definition) is 7. The molecule has 0 spiro atoms. The van der Waals surface area contributed by atoms with Crippen molar-refractivity contribution in [2.75, 3.05) is 26.2 Å². The van der Waals surface area contributed by atoms with Gasteiger partial charge < -0.3 is 25.2 Å². The molecule has 4 N–H and O–H groups in total. The van der Waals surface area contributed by atoms with E-state index < -0.39 is 12.2 Å². The van der Waals surface area contributed by atoms with Crippen molar-refractivity contribution in [3.05, 3.63) is 60.2 Å². The maximum Gasteiger partial charge on any atom is 0.261 e. The van der Waals surface area contributed by atoms with Gasteiger partial charge in [0.15, 0.2) is 6.10 Å². The normalized spacial score (nSPS) is 17.1. The Labute approximate surface area is 205 Å². The first-order chi connectivity index (χ1) is 17.0. The number of ether oxygens (including phenoxy) is 2. The summed E-state index contributed by atoms with van der Waals surface area (Å²) in [5, 5.41) is 20.2. The molecule has 0 fully saturated rings. The van der Waals surface area contributed by atoms with E-state index >= 15 is 0 Å². The summed E-state index contributed by atoms with van der Waals surface area (Å²) >= 11 is 0. The van der Waals surface area contributed by atoms with Crippen LogP contribution in [0.25, 0.3) is 0 Å². The standard InChI is InChI=1S/C26H34N4O5/c1-3-22(35-23-12-8-7-11-21(23)25-18(2)15-24(32)29-30-25)26(33)28-14-13-27-16-19(31)17-34-20-9-5-4-6-10-20/h4-12,18-19,22,27,31H,3,13-17H2,1-2H3,(H,28,33)(H,29,32). The fraction of sp³-hybridized carbons (Fsp3) is 0.423. The molecule has 0 saturated carbocycles. The topological polar surface area (TPSA) is 121 Å². The van der Waals surface area contributed by atoms with Crippen molar-refractivity contribution in [3.8, 4) is 11.5 Å². The number of nitrogens with one attached hydrogen (secondary N) is 3. The van der Waals surface area contributed by atoms with Crippen molar-refractivity contribution < 1.29 is 24.2 Å². The summed E-state index contributed by atoms with van der Waals surface area (Å²) in [7, 11) is 0. The fourth-order valence-corrected chi connectivity index (χ4v) is 3.66. The molecule has 35 heavy (non-hydrogen) atoms. The van der Waals surface area contributed by atoms with E-state index in [1.807, 2.05) is 62.4 Å². The molecule has 2 amide bonds. The number of hydrogen-bond donors (Lipinski definition) is 4. The number of benzene rings is 2. The number of carbonyl (C=O) groups excluding carboxylic acids is 2. The number of aliphatic hydroxyl groups is 1. The molecule has 3 atom stereocenters. The zero-order valence-corrected chi connectivity index (χ0v) is 20.2. The third kappa shape index (κ3) is 8.08. The third-order valence-electron chi connectivity index (χ3n) is 5.52. The summed E-state index contributed by atoms with van der Waals surface area (Å²) < 4.78 is 11.6. The summed E-state index contributed by atoms with van der Waals surface area (Å²) in [5.74, 6) is 0.873. The molecule has 188 valence electrons. The number of carbonyl (C=O) groups is 2. The van der Waals surface area contributed by atoms with Crippen LogP contribution in [0.1, 0.15) is 32.3 Å². The monoisotopic (exact) mass is 482 g/mol. The van der Waals surface area contributed by atoms with Gasteiger partial charge in [0, 0.05) is 37.5 Å². The van der Waals surface area contributed by atoms with Gasteiger partial charge in [0.2, 0.25) is 5.91 Å². The van der Waals surface area contributed by atoms with E-state index in [0.717, 1.165) is 11.3 Å². The Hall–Kier alpha value is -3.43. The number of hydrazone groups is 1. The molecule has 0 aliphatic carbocycles. The van der Waals surface area contributed by atoms with Crippen LogP contribution in [-0.2, 0) is 9.59 Å². The van der Waals surface area contributed by atoms with Gasteiger partial charge >= 0.3 is 0 Å². The number of aliphatic hydroxyl groups excluding tert-OH is 1. The van der Waals surface area contributed by atoms with E-state index in [1.165, 1.54) is 0 Å². The van der Waals surface area contributed by atoms with Crippen molar-refractivity contribution >= 4 is 17.5 Å². The summed E-state index contributed by atoms with van der Waals surface area (Å²) in [5.41, 5.74) is 4.02. The van der Waals surface area contributed by atoms with Gasteiger partial charge in [-0.15, -0.1) is 0 Å². The molecule has 2 aromatic carbocycles.